The molecule has 0 aliphatic heterocycles. The fourth-order valence-corrected chi connectivity index (χ4v) is 10.6. The maximum Gasteiger partial charge on any atom is 0.123 e. The van der Waals surface area contributed by atoms with Gasteiger partial charge in [0.1, 0.15) is 5.82 Å². The van der Waals surface area contributed by atoms with Crippen LogP contribution in [0.3, 0.4) is 0 Å². The number of fused-ring (bicyclic) bond motifs is 6. The molecule has 12 aromatic rings. The Kier molecular flexibility index (Phi) is 9.24. The summed E-state index contributed by atoms with van der Waals surface area (Å²) in [7, 11) is 0. The van der Waals surface area contributed by atoms with E-state index in [-0.39, 0.29) is 5.82 Å². The summed E-state index contributed by atoms with van der Waals surface area (Å²) < 4.78 is 18.8. The third-order valence-electron chi connectivity index (χ3n) is 12.5. The first-order valence-electron chi connectivity index (χ1n) is 21.6. The second-order valence-electron chi connectivity index (χ2n) is 16.3. The summed E-state index contributed by atoms with van der Waals surface area (Å²) in [6, 6.07) is 83.4. The van der Waals surface area contributed by atoms with Crippen LogP contribution < -0.4 is 4.90 Å². The molecule has 302 valence electrons. The van der Waals surface area contributed by atoms with Gasteiger partial charge in [0, 0.05) is 53.7 Å². The van der Waals surface area contributed by atoms with Crippen LogP contribution in [0.1, 0.15) is 0 Å². The number of rotatable bonds is 8. The Bertz CT molecular complexity index is 3640. The molecular formula is C60H39FN2S. The predicted molar refractivity (Wildman–Crippen MR) is 270 cm³/mol. The highest BCUT2D eigenvalue weighted by Gasteiger charge is 2.17. The zero-order valence-electron chi connectivity index (χ0n) is 34.7. The summed E-state index contributed by atoms with van der Waals surface area (Å²) in [5.74, 6) is -0.242. The van der Waals surface area contributed by atoms with E-state index < -0.39 is 0 Å². The van der Waals surface area contributed by atoms with Gasteiger partial charge in [-0.05, 0) is 136 Å². The molecule has 64 heavy (non-hydrogen) atoms. The van der Waals surface area contributed by atoms with E-state index in [1.54, 1.807) is 0 Å². The molecule has 0 bridgehead atoms. The molecule has 0 N–H and O–H groups in total. The summed E-state index contributed by atoms with van der Waals surface area (Å²) in [6.45, 7) is 0. The number of aromatic nitrogens is 1. The van der Waals surface area contributed by atoms with Crippen LogP contribution in [0.5, 0.6) is 0 Å². The maximum atomic E-state index is 14.0. The van der Waals surface area contributed by atoms with E-state index in [1.807, 2.05) is 23.5 Å². The van der Waals surface area contributed by atoms with Gasteiger partial charge in [0.25, 0.3) is 0 Å². The van der Waals surface area contributed by atoms with Crippen LogP contribution in [0.4, 0.5) is 21.5 Å². The average molecular weight is 839 g/mol. The lowest BCUT2D eigenvalue weighted by Gasteiger charge is -2.26. The summed E-state index contributed by atoms with van der Waals surface area (Å²) >= 11 is 1.86. The van der Waals surface area contributed by atoms with Gasteiger partial charge >= 0.3 is 0 Å². The van der Waals surface area contributed by atoms with Crippen LogP contribution in [0.2, 0.25) is 0 Å². The molecule has 2 heterocycles. The molecule has 0 radical (unpaired) electrons. The quantitative estimate of drug-likeness (QED) is 0.148. The predicted octanol–water partition coefficient (Wildman–Crippen LogP) is 17.4. The molecule has 12 rings (SSSR count). The fraction of sp³-hybridized carbons (Fsp3) is 0. The molecule has 4 heteroatoms. The number of anilines is 3. The summed E-state index contributed by atoms with van der Waals surface area (Å²) in [5.41, 5.74) is 15.8. The normalized spacial score (nSPS) is 11.5. The van der Waals surface area contributed by atoms with E-state index in [0.717, 1.165) is 55.7 Å². The number of nitrogens with zero attached hydrogens (tertiary/aromatic N) is 2. The van der Waals surface area contributed by atoms with Gasteiger partial charge < -0.3 is 9.47 Å². The van der Waals surface area contributed by atoms with E-state index in [0.29, 0.717) is 0 Å². The van der Waals surface area contributed by atoms with Crippen LogP contribution in [0.15, 0.2) is 237 Å². The minimum atomic E-state index is -0.242. The van der Waals surface area contributed by atoms with Crippen molar-refractivity contribution in [1.29, 1.82) is 0 Å². The molecule has 0 aliphatic carbocycles. The topological polar surface area (TPSA) is 8.17 Å². The third-order valence-corrected chi connectivity index (χ3v) is 13.7. The molecule has 0 saturated heterocycles. The van der Waals surface area contributed by atoms with Gasteiger partial charge in [-0.3, -0.25) is 0 Å². The Labute approximate surface area is 375 Å². The van der Waals surface area contributed by atoms with Gasteiger partial charge in [-0.15, -0.1) is 11.3 Å². The summed E-state index contributed by atoms with van der Waals surface area (Å²) in [4.78, 5) is 2.34. The van der Waals surface area contributed by atoms with Crippen molar-refractivity contribution in [1.82, 2.24) is 4.57 Å². The molecule has 2 nitrogen and oxygen atoms in total. The highest BCUT2D eigenvalue weighted by molar-refractivity contribution is 7.26. The molecule has 0 fully saturated rings. The number of hydrogen-bond acceptors (Lipinski definition) is 2. The second kappa shape index (κ2) is 15.7. The number of halogens is 1. The smallest absolute Gasteiger partial charge is 0.123 e. The number of thiophene rings is 1. The Morgan fingerprint density at radius 2 is 0.844 bits per heavy atom. The molecular weight excluding hydrogens is 800 g/mol. The number of benzene rings is 10. The highest BCUT2D eigenvalue weighted by Crippen LogP contribution is 2.43. The van der Waals surface area contributed by atoms with Crippen molar-refractivity contribution in [3.05, 3.63) is 242 Å². The van der Waals surface area contributed by atoms with Crippen molar-refractivity contribution in [3.8, 4) is 50.2 Å². The van der Waals surface area contributed by atoms with Gasteiger partial charge in [-0.2, -0.15) is 0 Å². The van der Waals surface area contributed by atoms with Crippen molar-refractivity contribution in [2.45, 2.75) is 0 Å². The van der Waals surface area contributed by atoms with E-state index in [2.05, 4.69) is 222 Å². The van der Waals surface area contributed by atoms with Crippen LogP contribution in [-0.4, -0.2) is 4.57 Å². The average Bonchev–Trinajstić information content (AvgIpc) is 3.91. The van der Waals surface area contributed by atoms with Crippen molar-refractivity contribution < 1.29 is 4.39 Å². The van der Waals surface area contributed by atoms with Crippen molar-refractivity contribution in [3.63, 3.8) is 0 Å². The van der Waals surface area contributed by atoms with Gasteiger partial charge in [-0.1, -0.05) is 146 Å². The molecule has 0 unspecified atom stereocenters. The molecule has 10 aromatic carbocycles. The number of hydrogen-bond donors (Lipinski definition) is 0. The third kappa shape index (κ3) is 6.64. The molecule has 0 amide bonds. The molecule has 2 aromatic heterocycles. The fourth-order valence-electron chi connectivity index (χ4n) is 9.35. The largest absolute Gasteiger partial charge is 0.311 e. The van der Waals surface area contributed by atoms with Crippen molar-refractivity contribution >= 4 is 70.4 Å². The van der Waals surface area contributed by atoms with Crippen molar-refractivity contribution in [2.75, 3.05) is 4.90 Å². The van der Waals surface area contributed by atoms with Crippen LogP contribution in [0, 0.1) is 5.82 Å². The monoisotopic (exact) mass is 838 g/mol. The maximum absolute atomic E-state index is 14.0. The van der Waals surface area contributed by atoms with E-state index in [1.165, 1.54) is 65.7 Å². The standard InChI is InChI=1S/C60H39FN2S/c61-47-27-35-51(36-28-47)63-57-18-6-4-14-53(57)56-39-46(26-37-58(56)63)42-22-31-49(32-23-42)62(48-29-20-41(21-30-48)45-13-8-12-44(38-45)40-10-2-1-3-11-40)50-33-24-43(25-34-50)52-16-9-17-55-54-15-5-7-19-59(54)64-60(52)55/h1-39H. The first-order chi connectivity index (χ1) is 31.6. The highest BCUT2D eigenvalue weighted by atomic mass is 32.1. The van der Waals surface area contributed by atoms with E-state index in [4.69, 9.17) is 0 Å². The lowest BCUT2D eigenvalue weighted by Crippen LogP contribution is -2.09. The van der Waals surface area contributed by atoms with Gasteiger partial charge in [0.2, 0.25) is 0 Å². The van der Waals surface area contributed by atoms with Crippen LogP contribution in [0.25, 0.3) is 92.2 Å². The van der Waals surface area contributed by atoms with E-state index >= 15 is 0 Å². The minimum Gasteiger partial charge on any atom is -0.311 e. The lowest BCUT2D eigenvalue weighted by atomic mass is 9.98. The van der Waals surface area contributed by atoms with Crippen LogP contribution >= 0.6 is 11.3 Å². The number of para-hydroxylation sites is 1. The van der Waals surface area contributed by atoms with E-state index in [9.17, 15) is 4.39 Å². The minimum absolute atomic E-state index is 0.242. The zero-order chi connectivity index (χ0) is 42.6. The Hall–Kier alpha value is -8.05. The van der Waals surface area contributed by atoms with Crippen LogP contribution in [-0.2, 0) is 0 Å². The molecule has 0 aliphatic rings. The summed E-state index contributed by atoms with van der Waals surface area (Å²) in [5, 5.41) is 4.93. The van der Waals surface area contributed by atoms with Crippen molar-refractivity contribution in [2.24, 2.45) is 0 Å². The Morgan fingerprint density at radius 3 is 1.53 bits per heavy atom. The Morgan fingerprint density at radius 1 is 0.344 bits per heavy atom. The van der Waals surface area contributed by atoms with Gasteiger partial charge in [-0.25, -0.2) is 4.39 Å². The zero-order valence-corrected chi connectivity index (χ0v) is 35.5. The molecule has 0 atom stereocenters. The second-order valence-corrected chi connectivity index (χ2v) is 17.3. The Balaban J connectivity index is 0.924. The summed E-state index contributed by atoms with van der Waals surface area (Å²) in [6.07, 6.45) is 0. The molecule has 0 saturated carbocycles. The first kappa shape index (κ1) is 37.7. The van der Waals surface area contributed by atoms with Gasteiger partial charge in [0.05, 0.1) is 11.0 Å². The van der Waals surface area contributed by atoms with Gasteiger partial charge in [0.15, 0.2) is 0 Å². The first-order valence-corrected chi connectivity index (χ1v) is 22.4. The lowest BCUT2D eigenvalue weighted by molar-refractivity contribution is 0.627. The molecule has 0 spiro atoms. The SMILES string of the molecule is Fc1ccc(-n2c3ccccc3c3cc(-c4ccc(N(c5ccc(-c6cccc(-c7ccccc7)c6)cc5)c5ccc(-c6cccc7c6sc6ccccc67)cc5)cc4)ccc32)cc1.